The minimum atomic E-state index is -0.324. The number of ether oxygens (including phenoxy) is 1. The average molecular weight is 544 g/mol. The molecule has 208 valence electrons. The molecule has 0 radical (unpaired) electrons. The van der Waals surface area contributed by atoms with Crippen molar-refractivity contribution in [2.45, 2.75) is 104 Å². The lowest BCUT2D eigenvalue weighted by Gasteiger charge is -2.07. The number of amides is 1. The zero-order chi connectivity index (χ0) is 27.2. The summed E-state index contributed by atoms with van der Waals surface area (Å²) in [6, 6.07) is 7.27. The van der Waals surface area contributed by atoms with Gasteiger partial charge < -0.3 is 15.0 Å². The van der Waals surface area contributed by atoms with Gasteiger partial charge in [-0.25, -0.2) is 0 Å². The fraction of sp³-hybridized carbons (Fsp3) is 0.586. The number of carbonyl (C=O) groups is 2. The van der Waals surface area contributed by atoms with Crippen molar-refractivity contribution in [2.75, 3.05) is 11.9 Å². The number of aromatic nitrogens is 4. The maximum absolute atomic E-state index is 12.2. The lowest BCUT2D eigenvalue weighted by molar-refractivity contribution is -0.144. The molecule has 0 spiro atoms. The van der Waals surface area contributed by atoms with E-state index in [0.717, 1.165) is 18.4 Å². The highest BCUT2D eigenvalue weighted by Gasteiger charge is 2.13. The molecule has 0 aliphatic heterocycles. The molecule has 2 heterocycles. The minimum absolute atomic E-state index is 0.0779. The van der Waals surface area contributed by atoms with Crippen LogP contribution in [0.25, 0.3) is 17.0 Å². The van der Waals surface area contributed by atoms with Crippen molar-refractivity contribution in [3.05, 3.63) is 35.0 Å². The molecule has 0 fully saturated rings. The maximum Gasteiger partial charge on any atom is 0.306 e. The molecular weight excluding hydrogens is 502 g/mol. The Labute approximate surface area is 230 Å². The van der Waals surface area contributed by atoms with E-state index in [-0.39, 0.29) is 24.7 Å². The third-order valence-corrected chi connectivity index (χ3v) is 7.11. The average Bonchev–Trinajstić information content (AvgIpc) is 3.44. The molecule has 0 aliphatic rings. The molecule has 1 amide bonds. The number of nitrogens with one attached hydrogen (secondary N) is 2. The number of H-pyrrole nitrogens is 1. The molecule has 0 aliphatic carbocycles. The number of unbranched alkanes of at least 4 members (excludes halogenated alkanes) is 11. The quantitative estimate of drug-likeness (QED) is 0.127. The zero-order valence-electron chi connectivity index (χ0n) is 22.9. The summed E-state index contributed by atoms with van der Waals surface area (Å²) >= 11 is 6.22. The van der Waals surface area contributed by atoms with Gasteiger partial charge in [0.1, 0.15) is 5.02 Å². The van der Waals surface area contributed by atoms with Gasteiger partial charge >= 0.3 is 5.97 Å². The van der Waals surface area contributed by atoms with E-state index in [1.54, 1.807) is 12.1 Å². The van der Waals surface area contributed by atoms with Crippen LogP contribution in [0.2, 0.25) is 5.02 Å². The van der Waals surface area contributed by atoms with Crippen LogP contribution in [0.15, 0.2) is 24.3 Å². The van der Waals surface area contributed by atoms with Gasteiger partial charge in [-0.1, -0.05) is 89.2 Å². The third-order valence-electron chi connectivity index (χ3n) is 6.66. The summed E-state index contributed by atoms with van der Waals surface area (Å²) in [6.45, 7) is 4.51. The number of hydrogen-bond donors (Lipinski definition) is 2. The van der Waals surface area contributed by atoms with Crippen LogP contribution in [0.5, 0.6) is 0 Å². The number of rotatable bonds is 18. The fourth-order valence-corrected chi connectivity index (χ4v) is 4.55. The number of fused-ring (bicyclic) bond motifs is 1. The number of carbonyl (C=O) groups excluding carboxylic acids is 2. The number of aryl methyl sites for hydroxylation is 1. The normalized spacial score (nSPS) is 11.2. The number of hydrogen-bond acceptors (Lipinski definition) is 5. The van der Waals surface area contributed by atoms with E-state index in [4.69, 9.17) is 16.3 Å². The van der Waals surface area contributed by atoms with Crippen LogP contribution in [-0.2, 0) is 14.3 Å². The molecule has 38 heavy (non-hydrogen) atoms. The van der Waals surface area contributed by atoms with Crippen molar-refractivity contribution in [3.8, 4) is 11.4 Å². The third kappa shape index (κ3) is 9.78. The van der Waals surface area contributed by atoms with E-state index in [1.165, 1.54) is 68.8 Å². The van der Waals surface area contributed by atoms with E-state index in [1.807, 2.05) is 19.1 Å². The molecule has 3 aromatic rings. The second-order valence-corrected chi connectivity index (χ2v) is 10.3. The standard InChI is InChI=1S/C29H42ClN5O3/c1-3-4-5-6-7-8-9-10-11-12-13-14-21-38-26(37)20-19-25(36)31-24-17-15-23(16-18-24)28-32-29-27(30)22(2)33-35(29)34-28/h15-18H,3-14,19-21H2,1-2H3,(H,31,36)(H,32,34). The van der Waals surface area contributed by atoms with Crippen LogP contribution in [0.1, 0.15) is 103 Å². The molecule has 0 unspecified atom stereocenters. The summed E-state index contributed by atoms with van der Waals surface area (Å²) in [5, 5.41) is 12.0. The van der Waals surface area contributed by atoms with Gasteiger partial charge in [0.25, 0.3) is 0 Å². The highest BCUT2D eigenvalue weighted by atomic mass is 35.5. The Kier molecular flexibility index (Phi) is 12.6. The highest BCUT2D eigenvalue weighted by Crippen LogP contribution is 2.24. The smallest absolute Gasteiger partial charge is 0.306 e. The number of anilines is 1. The van der Waals surface area contributed by atoms with Crippen LogP contribution >= 0.6 is 11.6 Å². The predicted octanol–water partition coefficient (Wildman–Crippen LogP) is 7.65. The van der Waals surface area contributed by atoms with Crippen LogP contribution in [0.3, 0.4) is 0 Å². The number of nitrogens with zero attached hydrogens (tertiary/aromatic N) is 3. The molecule has 8 nitrogen and oxygen atoms in total. The zero-order valence-corrected chi connectivity index (χ0v) is 23.6. The van der Waals surface area contributed by atoms with Crippen molar-refractivity contribution < 1.29 is 14.3 Å². The second-order valence-electron chi connectivity index (χ2n) is 9.95. The Hall–Kier alpha value is -2.87. The molecule has 2 N–H and O–H groups in total. The van der Waals surface area contributed by atoms with Gasteiger partial charge in [0, 0.05) is 17.7 Å². The molecule has 0 bridgehead atoms. The van der Waals surface area contributed by atoms with E-state index in [0.29, 0.717) is 34.5 Å². The van der Waals surface area contributed by atoms with Crippen LogP contribution < -0.4 is 5.32 Å². The van der Waals surface area contributed by atoms with Gasteiger partial charge in [0.05, 0.1) is 18.7 Å². The Bertz CT molecular complexity index is 1140. The van der Waals surface area contributed by atoms with Crippen molar-refractivity contribution in [3.63, 3.8) is 0 Å². The summed E-state index contributed by atoms with van der Waals surface area (Å²) in [5.74, 6) is 0.0808. The van der Waals surface area contributed by atoms with E-state index in [2.05, 4.69) is 27.4 Å². The first-order valence-corrected chi connectivity index (χ1v) is 14.5. The lowest BCUT2D eigenvalue weighted by atomic mass is 10.1. The second kappa shape index (κ2) is 16.2. The molecule has 9 heteroatoms. The maximum atomic E-state index is 12.2. The van der Waals surface area contributed by atoms with Crippen molar-refractivity contribution >= 4 is 34.8 Å². The van der Waals surface area contributed by atoms with Gasteiger partial charge in [-0.2, -0.15) is 5.10 Å². The minimum Gasteiger partial charge on any atom is -0.466 e. The summed E-state index contributed by atoms with van der Waals surface area (Å²) in [5.41, 5.74) is 2.84. The van der Waals surface area contributed by atoms with Crippen LogP contribution in [0, 0.1) is 6.92 Å². The number of aromatic amines is 1. The topological polar surface area (TPSA) is 101 Å². The van der Waals surface area contributed by atoms with E-state index in [9.17, 15) is 9.59 Å². The molecular formula is C29H42ClN5O3. The Balaban J connectivity index is 1.22. The number of esters is 1. The summed E-state index contributed by atoms with van der Waals surface area (Å²) in [6.07, 6.45) is 15.4. The summed E-state index contributed by atoms with van der Waals surface area (Å²) in [4.78, 5) is 27.4. The lowest BCUT2D eigenvalue weighted by Crippen LogP contribution is -2.14. The Morgan fingerprint density at radius 2 is 1.50 bits per heavy atom. The molecule has 0 atom stereocenters. The molecule has 2 aromatic heterocycles. The van der Waals surface area contributed by atoms with E-state index < -0.39 is 0 Å². The SMILES string of the molecule is CCCCCCCCCCCCCCOC(=O)CCC(=O)Nc1ccc(-c2nn3nc(C)c(Cl)c3[nH]2)cc1. The van der Waals surface area contributed by atoms with Gasteiger partial charge in [0.2, 0.25) is 5.91 Å². The van der Waals surface area contributed by atoms with Crippen LogP contribution in [0.4, 0.5) is 5.69 Å². The first kappa shape index (κ1) is 29.7. The Morgan fingerprint density at radius 3 is 2.11 bits per heavy atom. The van der Waals surface area contributed by atoms with Crippen molar-refractivity contribution in [1.82, 2.24) is 19.8 Å². The molecule has 0 saturated carbocycles. The van der Waals surface area contributed by atoms with Gasteiger partial charge in [-0.3, -0.25) is 9.59 Å². The van der Waals surface area contributed by atoms with Gasteiger partial charge in [0.15, 0.2) is 11.5 Å². The molecule has 0 saturated heterocycles. The largest absolute Gasteiger partial charge is 0.466 e. The van der Waals surface area contributed by atoms with Crippen molar-refractivity contribution in [2.24, 2.45) is 0 Å². The number of benzene rings is 1. The molecule has 1 aromatic carbocycles. The van der Waals surface area contributed by atoms with Gasteiger partial charge in [-0.05, 0) is 37.6 Å². The first-order valence-electron chi connectivity index (χ1n) is 14.1. The first-order chi connectivity index (χ1) is 18.5. The van der Waals surface area contributed by atoms with E-state index >= 15 is 0 Å². The molecule has 3 rings (SSSR count). The predicted molar refractivity (Wildman–Crippen MR) is 152 cm³/mol. The Morgan fingerprint density at radius 1 is 0.895 bits per heavy atom. The van der Waals surface area contributed by atoms with Crippen molar-refractivity contribution in [1.29, 1.82) is 0 Å². The highest BCUT2D eigenvalue weighted by molar-refractivity contribution is 6.34. The fourth-order valence-electron chi connectivity index (χ4n) is 4.39. The van der Waals surface area contributed by atoms with Crippen LogP contribution in [-0.4, -0.2) is 38.3 Å². The summed E-state index contributed by atoms with van der Waals surface area (Å²) < 4.78 is 6.76. The summed E-state index contributed by atoms with van der Waals surface area (Å²) in [7, 11) is 0. The monoisotopic (exact) mass is 543 g/mol. The number of halogens is 1. The van der Waals surface area contributed by atoms with Gasteiger partial charge in [-0.15, -0.1) is 9.73 Å².